The summed E-state index contributed by atoms with van der Waals surface area (Å²) in [6, 6.07) is 7.44. The zero-order chi connectivity index (χ0) is 13.0. The number of nitrogens with one attached hydrogen (secondary N) is 1. The molecule has 0 saturated carbocycles. The molecule has 1 aromatic rings. The highest BCUT2D eigenvalue weighted by Crippen LogP contribution is 2.25. The van der Waals surface area contributed by atoms with Gasteiger partial charge in [-0.2, -0.15) is 0 Å². The molecular formula is C13H19ClN2O. The van der Waals surface area contributed by atoms with Crippen molar-refractivity contribution in [3.63, 3.8) is 0 Å². The highest BCUT2D eigenvalue weighted by molar-refractivity contribution is 6.30. The highest BCUT2D eigenvalue weighted by Gasteiger charge is 2.24. The summed E-state index contributed by atoms with van der Waals surface area (Å²) in [5, 5.41) is 2.34. The minimum atomic E-state index is -0.158. The van der Waals surface area contributed by atoms with E-state index < -0.39 is 0 Å². The van der Waals surface area contributed by atoms with Gasteiger partial charge in [-0.05, 0) is 23.6 Å². The molecule has 4 heteroatoms. The second-order valence-corrected chi connectivity index (χ2v) is 5.08. The first-order chi connectivity index (χ1) is 7.91. The Kier molecular flexibility index (Phi) is 4.97. The number of carbonyl (C=O) groups is 1. The molecule has 94 valence electrons. The van der Waals surface area contributed by atoms with E-state index in [9.17, 15) is 4.79 Å². The maximum atomic E-state index is 12.1. The average molecular weight is 255 g/mol. The monoisotopic (exact) mass is 254 g/mol. The van der Waals surface area contributed by atoms with Crippen LogP contribution in [0.5, 0.6) is 0 Å². The van der Waals surface area contributed by atoms with E-state index in [2.05, 4.69) is 5.43 Å². The Hall–Kier alpha value is -1.06. The number of hydrazine groups is 1. The number of amides is 1. The number of rotatable bonds is 4. The Labute approximate surface area is 108 Å². The molecule has 3 nitrogen and oxygen atoms in total. The Balaban J connectivity index is 2.93. The minimum Gasteiger partial charge on any atom is -0.289 e. The number of hydrogen-bond donors (Lipinski definition) is 1. The number of nitrogens with zero attached hydrogens (tertiary/aromatic N) is 1. The van der Waals surface area contributed by atoms with Gasteiger partial charge in [-0.25, -0.2) is 5.01 Å². The van der Waals surface area contributed by atoms with E-state index in [4.69, 9.17) is 11.6 Å². The lowest BCUT2D eigenvalue weighted by Crippen LogP contribution is -2.40. The molecule has 0 aromatic heterocycles. The van der Waals surface area contributed by atoms with Gasteiger partial charge in [0.1, 0.15) is 0 Å². The number of hydrogen-bond acceptors (Lipinski definition) is 2. The van der Waals surface area contributed by atoms with E-state index in [1.165, 1.54) is 0 Å². The van der Waals surface area contributed by atoms with Crippen molar-refractivity contribution in [1.29, 1.82) is 0 Å². The topological polar surface area (TPSA) is 32.3 Å². The van der Waals surface area contributed by atoms with Crippen molar-refractivity contribution in [2.24, 2.45) is 5.92 Å². The van der Waals surface area contributed by atoms with Crippen molar-refractivity contribution in [2.75, 3.05) is 14.1 Å². The lowest BCUT2D eigenvalue weighted by atomic mass is 9.88. The molecule has 0 unspecified atom stereocenters. The first-order valence-corrected chi connectivity index (χ1v) is 6.03. The summed E-state index contributed by atoms with van der Waals surface area (Å²) in [4.78, 5) is 12.1. The maximum absolute atomic E-state index is 12.1. The highest BCUT2D eigenvalue weighted by atomic mass is 35.5. The molecule has 0 aliphatic carbocycles. The third kappa shape index (κ3) is 4.02. The number of halogens is 1. The predicted octanol–water partition coefficient (Wildman–Crippen LogP) is 2.67. The fourth-order valence-corrected chi connectivity index (χ4v) is 1.93. The predicted molar refractivity (Wildman–Crippen MR) is 70.9 cm³/mol. The fraction of sp³-hybridized carbons (Fsp3) is 0.462. The summed E-state index contributed by atoms with van der Waals surface area (Å²) in [6.45, 7) is 4.07. The molecule has 0 aliphatic heterocycles. The first kappa shape index (κ1) is 14.0. The van der Waals surface area contributed by atoms with Crippen molar-refractivity contribution in [2.45, 2.75) is 19.8 Å². The second kappa shape index (κ2) is 6.03. The van der Waals surface area contributed by atoms with Crippen LogP contribution in [0.1, 0.15) is 25.3 Å². The molecule has 0 bridgehead atoms. The van der Waals surface area contributed by atoms with E-state index in [1.54, 1.807) is 19.1 Å². The van der Waals surface area contributed by atoms with Crippen LogP contribution in [-0.2, 0) is 4.79 Å². The van der Waals surface area contributed by atoms with Crippen LogP contribution in [-0.4, -0.2) is 25.0 Å². The van der Waals surface area contributed by atoms with Gasteiger partial charge in [-0.1, -0.05) is 37.6 Å². The van der Waals surface area contributed by atoms with Crippen LogP contribution in [0, 0.1) is 5.92 Å². The Morgan fingerprint density at radius 1 is 1.24 bits per heavy atom. The summed E-state index contributed by atoms with van der Waals surface area (Å²) in [5.41, 5.74) is 3.79. The number of benzene rings is 1. The molecule has 0 spiro atoms. The zero-order valence-electron chi connectivity index (χ0n) is 10.7. The smallest absolute Gasteiger partial charge is 0.242 e. The first-order valence-electron chi connectivity index (χ1n) is 5.65. The molecule has 1 aromatic carbocycles. The molecule has 1 rings (SSSR count). The van der Waals surface area contributed by atoms with Gasteiger partial charge in [0.15, 0.2) is 0 Å². The summed E-state index contributed by atoms with van der Waals surface area (Å²) in [7, 11) is 3.61. The third-order valence-corrected chi connectivity index (χ3v) is 2.76. The fourth-order valence-electron chi connectivity index (χ4n) is 1.80. The molecule has 1 amide bonds. The van der Waals surface area contributed by atoms with Gasteiger partial charge in [-0.3, -0.25) is 10.2 Å². The molecule has 0 radical (unpaired) electrons. The molecule has 0 fully saturated rings. The maximum Gasteiger partial charge on any atom is 0.242 e. The molecular weight excluding hydrogens is 236 g/mol. The van der Waals surface area contributed by atoms with E-state index >= 15 is 0 Å². The van der Waals surface area contributed by atoms with Crippen molar-refractivity contribution >= 4 is 17.5 Å². The van der Waals surface area contributed by atoms with Crippen molar-refractivity contribution in [3.8, 4) is 0 Å². The zero-order valence-corrected chi connectivity index (χ0v) is 11.5. The summed E-state index contributed by atoms with van der Waals surface area (Å²) in [5.74, 6) is 0.0816. The summed E-state index contributed by atoms with van der Waals surface area (Å²) < 4.78 is 0. The molecule has 1 atom stereocenters. The van der Waals surface area contributed by atoms with Gasteiger partial charge < -0.3 is 0 Å². The van der Waals surface area contributed by atoms with Gasteiger partial charge in [0.2, 0.25) is 5.91 Å². The van der Waals surface area contributed by atoms with Crippen LogP contribution in [0.2, 0.25) is 5.02 Å². The van der Waals surface area contributed by atoms with E-state index in [1.807, 2.05) is 38.1 Å². The quantitative estimate of drug-likeness (QED) is 0.838. The van der Waals surface area contributed by atoms with Gasteiger partial charge in [0, 0.05) is 19.1 Å². The molecule has 17 heavy (non-hydrogen) atoms. The lowest BCUT2D eigenvalue weighted by molar-refractivity contribution is -0.127. The van der Waals surface area contributed by atoms with Crippen LogP contribution >= 0.6 is 11.6 Å². The standard InChI is InChI=1S/C13H19ClN2O/c1-9(2)12(13(17)15-16(3)4)10-5-7-11(14)8-6-10/h5-9,12H,1-4H3,(H,15,17)/t12-/m0/s1. The Morgan fingerprint density at radius 3 is 2.18 bits per heavy atom. The molecule has 0 saturated heterocycles. The second-order valence-electron chi connectivity index (χ2n) is 4.64. The summed E-state index contributed by atoms with van der Waals surface area (Å²) in [6.07, 6.45) is 0. The minimum absolute atomic E-state index is 0.00678. The largest absolute Gasteiger partial charge is 0.289 e. The van der Waals surface area contributed by atoms with Gasteiger partial charge in [-0.15, -0.1) is 0 Å². The van der Waals surface area contributed by atoms with Crippen LogP contribution < -0.4 is 5.43 Å². The Bertz CT molecular complexity index is 374. The van der Waals surface area contributed by atoms with Gasteiger partial charge in [0.05, 0.1) is 5.92 Å². The lowest BCUT2D eigenvalue weighted by Gasteiger charge is -2.23. The van der Waals surface area contributed by atoms with Crippen molar-refractivity contribution in [1.82, 2.24) is 10.4 Å². The van der Waals surface area contributed by atoms with Gasteiger partial charge in [0.25, 0.3) is 0 Å². The van der Waals surface area contributed by atoms with Crippen LogP contribution in [0.15, 0.2) is 24.3 Å². The molecule has 1 N–H and O–H groups in total. The van der Waals surface area contributed by atoms with Crippen LogP contribution in [0.3, 0.4) is 0 Å². The molecule has 0 aliphatic rings. The average Bonchev–Trinajstić information content (AvgIpc) is 2.19. The van der Waals surface area contributed by atoms with Crippen molar-refractivity contribution in [3.05, 3.63) is 34.9 Å². The van der Waals surface area contributed by atoms with Crippen LogP contribution in [0.4, 0.5) is 0 Å². The van der Waals surface area contributed by atoms with E-state index in [0.29, 0.717) is 5.02 Å². The third-order valence-electron chi connectivity index (χ3n) is 2.51. The molecule has 0 heterocycles. The van der Waals surface area contributed by atoms with E-state index in [0.717, 1.165) is 5.56 Å². The Morgan fingerprint density at radius 2 is 1.76 bits per heavy atom. The van der Waals surface area contributed by atoms with Gasteiger partial charge >= 0.3 is 0 Å². The van der Waals surface area contributed by atoms with Crippen molar-refractivity contribution < 1.29 is 4.79 Å². The van der Waals surface area contributed by atoms with Crippen LogP contribution in [0.25, 0.3) is 0 Å². The normalized spacial score (nSPS) is 12.9. The SMILES string of the molecule is CC(C)[C@H](C(=O)NN(C)C)c1ccc(Cl)cc1. The van der Waals surface area contributed by atoms with E-state index in [-0.39, 0.29) is 17.7 Å². The number of carbonyl (C=O) groups excluding carboxylic acids is 1. The summed E-state index contributed by atoms with van der Waals surface area (Å²) >= 11 is 5.85.